The minimum atomic E-state index is -1.12. The lowest BCUT2D eigenvalue weighted by Gasteiger charge is -2.17. The lowest BCUT2D eigenvalue weighted by atomic mass is 10.1. The van der Waals surface area contributed by atoms with Crippen molar-refractivity contribution in [3.63, 3.8) is 0 Å². The fourth-order valence-electron chi connectivity index (χ4n) is 1.73. The molecule has 1 saturated heterocycles. The van der Waals surface area contributed by atoms with Crippen molar-refractivity contribution >= 4 is 17.6 Å². The predicted molar refractivity (Wildman–Crippen MR) is 62.4 cm³/mol. The van der Waals surface area contributed by atoms with Gasteiger partial charge in [-0.3, -0.25) is 4.57 Å². The molecule has 0 bridgehead atoms. The number of aliphatic hydroxyl groups is 3. The van der Waals surface area contributed by atoms with E-state index < -0.39 is 28.5 Å². The summed E-state index contributed by atoms with van der Waals surface area (Å²) in [7, 11) is 0. The zero-order chi connectivity index (χ0) is 12.6. The second-order valence-electron chi connectivity index (χ2n) is 3.77. The topological polar surface area (TPSA) is 122 Å². The molecule has 1 aliphatic rings. The molecular weight excluding hydrogens is 246 g/mol. The first-order valence-corrected chi connectivity index (χ1v) is 5.96. The van der Waals surface area contributed by atoms with Gasteiger partial charge < -0.3 is 21.1 Å². The van der Waals surface area contributed by atoms with Crippen molar-refractivity contribution in [1.29, 1.82) is 0 Å². The van der Waals surface area contributed by atoms with Gasteiger partial charge >= 0.3 is 5.69 Å². The van der Waals surface area contributed by atoms with E-state index in [9.17, 15) is 15.0 Å². The van der Waals surface area contributed by atoms with Crippen LogP contribution in [0.3, 0.4) is 0 Å². The van der Waals surface area contributed by atoms with Crippen LogP contribution in [0.4, 0.5) is 5.82 Å². The Balaban J connectivity index is 2.32. The highest BCUT2D eigenvalue weighted by Gasteiger charge is 2.43. The van der Waals surface area contributed by atoms with E-state index in [-0.39, 0.29) is 12.4 Å². The molecule has 0 saturated carbocycles. The van der Waals surface area contributed by atoms with Gasteiger partial charge in [0.2, 0.25) is 0 Å². The Morgan fingerprint density at radius 3 is 2.71 bits per heavy atom. The molecule has 0 spiro atoms. The molecule has 1 unspecified atom stereocenters. The van der Waals surface area contributed by atoms with Crippen LogP contribution in [0.25, 0.3) is 0 Å². The molecular formula is C9H13N3O4S. The predicted octanol–water partition coefficient (Wildman–Crippen LogP) is -1.85. The van der Waals surface area contributed by atoms with Crippen molar-refractivity contribution in [2.45, 2.75) is 22.8 Å². The number of rotatable bonds is 2. The van der Waals surface area contributed by atoms with Gasteiger partial charge in [-0.25, -0.2) is 4.79 Å². The summed E-state index contributed by atoms with van der Waals surface area (Å²) in [6, 6.07) is 1.44. The number of hydrogen-bond acceptors (Lipinski definition) is 7. The third-order valence-corrected chi connectivity index (χ3v) is 4.21. The Kier molecular flexibility index (Phi) is 3.38. The van der Waals surface area contributed by atoms with Gasteiger partial charge in [0.1, 0.15) is 17.3 Å². The number of aliphatic hydroxyl groups excluding tert-OH is 3. The number of nitrogens with zero attached hydrogens (tertiary/aromatic N) is 2. The summed E-state index contributed by atoms with van der Waals surface area (Å²) in [5, 5.41) is 27.3. The molecule has 8 heteroatoms. The van der Waals surface area contributed by atoms with E-state index in [0.29, 0.717) is 0 Å². The second-order valence-corrected chi connectivity index (χ2v) is 5.13. The smallest absolute Gasteiger partial charge is 0.350 e. The van der Waals surface area contributed by atoms with Gasteiger partial charge in [0.15, 0.2) is 0 Å². The Bertz CT molecular complexity index is 466. The summed E-state index contributed by atoms with van der Waals surface area (Å²) in [4.78, 5) is 15.1. The van der Waals surface area contributed by atoms with Crippen LogP contribution in [-0.2, 0) is 0 Å². The van der Waals surface area contributed by atoms with Crippen molar-refractivity contribution in [2.75, 3.05) is 12.3 Å². The summed E-state index contributed by atoms with van der Waals surface area (Å²) < 4.78 is 1.20. The van der Waals surface area contributed by atoms with Gasteiger partial charge in [-0.2, -0.15) is 4.98 Å². The normalized spacial score (nSPS) is 32.9. The third kappa shape index (κ3) is 2.16. The van der Waals surface area contributed by atoms with Gasteiger partial charge in [0.25, 0.3) is 0 Å². The lowest BCUT2D eigenvalue weighted by Crippen LogP contribution is -2.36. The quantitative estimate of drug-likeness (QED) is 0.492. The van der Waals surface area contributed by atoms with Crippen molar-refractivity contribution in [3.8, 4) is 0 Å². The first-order valence-electron chi connectivity index (χ1n) is 5.01. The largest absolute Gasteiger partial charge is 0.395 e. The summed E-state index contributed by atoms with van der Waals surface area (Å²) >= 11 is 1.13. The van der Waals surface area contributed by atoms with Crippen LogP contribution in [0, 0.1) is 0 Å². The van der Waals surface area contributed by atoms with Gasteiger partial charge in [0.05, 0.1) is 18.0 Å². The highest BCUT2D eigenvalue weighted by atomic mass is 32.2. The maximum absolute atomic E-state index is 11.6. The van der Waals surface area contributed by atoms with Gasteiger partial charge in [-0.1, -0.05) is 0 Å². The minimum Gasteiger partial charge on any atom is -0.395 e. The minimum absolute atomic E-state index is 0.1000. The van der Waals surface area contributed by atoms with Crippen LogP contribution in [-0.4, -0.2) is 48.9 Å². The van der Waals surface area contributed by atoms with Crippen LogP contribution < -0.4 is 11.4 Å². The fourth-order valence-corrected chi connectivity index (χ4v) is 3.11. The standard InChI is InChI=1S/C9H13N3O4S/c10-5-1-2-12(9(16)11-5)8-7(15)6(14)4(3-13)17-8/h1-2,4,6-8,13-15H,3H2,(H2,10,11,16)/t4-,6+,7-,8?/m0/s1. The summed E-state index contributed by atoms with van der Waals surface area (Å²) in [6.45, 7) is -0.267. The van der Waals surface area contributed by atoms with E-state index >= 15 is 0 Å². The monoisotopic (exact) mass is 259 g/mol. The Labute approximate surface area is 101 Å². The third-order valence-electron chi connectivity index (χ3n) is 2.64. The van der Waals surface area contributed by atoms with E-state index in [1.165, 1.54) is 16.8 Å². The molecule has 5 N–H and O–H groups in total. The van der Waals surface area contributed by atoms with Crippen LogP contribution in [0.5, 0.6) is 0 Å². The maximum Gasteiger partial charge on any atom is 0.350 e. The van der Waals surface area contributed by atoms with E-state index in [0.717, 1.165) is 11.8 Å². The van der Waals surface area contributed by atoms with Crippen molar-refractivity contribution in [2.24, 2.45) is 0 Å². The number of nitrogen functional groups attached to an aromatic ring is 1. The van der Waals surface area contributed by atoms with E-state index in [1.54, 1.807) is 0 Å². The molecule has 2 rings (SSSR count). The molecule has 94 valence electrons. The average molecular weight is 259 g/mol. The lowest BCUT2D eigenvalue weighted by molar-refractivity contribution is 0.0101. The maximum atomic E-state index is 11.6. The molecule has 0 aliphatic carbocycles. The molecule has 17 heavy (non-hydrogen) atoms. The van der Waals surface area contributed by atoms with E-state index in [2.05, 4.69) is 4.98 Å². The second kappa shape index (κ2) is 4.65. The number of nitrogens with two attached hydrogens (primary N) is 1. The first kappa shape index (κ1) is 12.4. The van der Waals surface area contributed by atoms with Gasteiger partial charge in [-0.05, 0) is 6.07 Å². The highest BCUT2D eigenvalue weighted by Crippen LogP contribution is 2.40. The van der Waals surface area contributed by atoms with Crippen LogP contribution in [0.1, 0.15) is 5.37 Å². The van der Waals surface area contributed by atoms with Crippen molar-refractivity contribution in [1.82, 2.24) is 9.55 Å². The Morgan fingerprint density at radius 1 is 1.47 bits per heavy atom. The molecule has 1 fully saturated rings. The van der Waals surface area contributed by atoms with Crippen molar-refractivity contribution in [3.05, 3.63) is 22.7 Å². The first-order chi connectivity index (χ1) is 8.04. The molecule has 2 heterocycles. The van der Waals surface area contributed by atoms with Crippen LogP contribution >= 0.6 is 11.8 Å². The summed E-state index contributed by atoms with van der Waals surface area (Å²) in [5.41, 5.74) is 4.77. The van der Waals surface area contributed by atoms with Crippen LogP contribution in [0.2, 0.25) is 0 Å². The molecule has 7 nitrogen and oxygen atoms in total. The van der Waals surface area contributed by atoms with E-state index in [1.807, 2.05) is 0 Å². The van der Waals surface area contributed by atoms with Crippen molar-refractivity contribution < 1.29 is 15.3 Å². The molecule has 0 radical (unpaired) electrons. The zero-order valence-corrected chi connectivity index (χ0v) is 9.62. The molecule has 1 aliphatic heterocycles. The summed E-state index contributed by atoms with van der Waals surface area (Å²) in [6.07, 6.45) is -0.780. The number of thioether (sulfide) groups is 1. The number of aromatic nitrogens is 2. The van der Waals surface area contributed by atoms with E-state index in [4.69, 9.17) is 10.8 Å². The summed E-state index contributed by atoms with van der Waals surface area (Å²) in [5.74, 6) is 0.1000. The Morgan fingerprint density at radius 2 is 2.18 bits per heavy atom. The molecule has 0 aromatic carbocycles. The van der Waals surface area contributed by atoms with Gasteiger partial charge in [-0.15, -0.1) is 11.8 Å². The Hall–Kier alpha value is -1.09. The molecule has 4 atom stereocenters. The SMILES string of the molecule is Nc1ccn(C2S[C@@H](CO)[C@@H](O)[C@@H]2O)c(=O)n1. The average Bonchev–Trinajstić information content (AvgIpc) is 2.57. The van der Waals surface area contributed by atoms with Crippen LogP contribution in [0.15, 0.2) is 17.1 Å². The zero-order valence-electron chi connectivity index (χ0n) is 8.80. The highest BCUT2D eigenvalue weighted by molar-refractivity contribution is 8.00. The molecule has 1 aromatic rings. The molecule has 0 amide bonds. The molecule has 1 aromatic heterocycles. The number of hydrogen-bond donors (Lipinski definition) is 4. The fraction of sp³-hybridized carbons (Fsp3) is 0.556. The van der Waals surface area contributed by atoms with Gasteiger partial charge in [0, 0.05) is 6.20 Å². The number of anilines is 1.